The van der Waals surface area contributed by atoms with Crippen molar-refractivity contribution < 1.29 is 9.47 Å². The first kappa shape index (κ1) is 9.44. The Labute approximate surface area is 80.0 Å². The molecule has 1 aliphatic heterocycles. The maximum Gasteiger partial charge on any atom is 0.0971 e. The standard InChI is InChI=1S/C10H19NO2/c1-12-9-6-11(7-10(9)13-2)8-4-3-5-8/h8-10H,3-7H2,1-2H3/t9-,10+. The van der Waals surface area contributed by atoms with Gasteiger partial charge in [-0.15, -0.1) is 0 Å². The van der Waals surface area contributed by atoms with E-state index in [-0.39, 0.29) is 12.2 Å². The Morgan fingerprint density at radius 3 is 1.85 bits per heavy atom. The lowest BCUT2D eigenvalue weighted by Crippen LogP contribution is -2.39. The summed E-state index contributed by atoms with van der Waals surface area (Å²) >= 11 is 0. The van der Waals surface area contributed by atoms with Crippen LogP contribution in [0.1, 0.15) is 19.3 Å². The molecule has 0 spiro atoms. The van der Waals surface area contributed by atoms with E-state index in [4.69, 9.17) is 9.47 Å². The lowest BCUT2D eigenvalue weighted by Gasteiger charge is -2.34. The van der Waals surface area contributed by atoms with Crippen molar-refractivity contribution in [2.45, 2.75) is 37.5 Å². The fraction of sp³-hybridized carbons (Fsp3) is 1.00. The molecule has 3 heteroatoms. The highest BCUT2D eigenvalue weighted by molar-refractivity contribution is 4.92. The summed E-state index contributed by atoms with van der Waals surface area (Å²) in [5.41, 5.74) is 0. The smallest absolute Gasteiger partial charge is 0.0971 e. The lowest BCUT2D eigenvalue weighted by molar-refractivity contribution is -0.00461. The zero-order valence-corrected chi connectivity index (χ0v) is 8.53. The molecule has 1 saturated heterocycles. The van der Waals surface area contributed by atoms with E-state index in [1.807, 2.05) is 0 Å². The minimum atomic E-state index is 0.283. The number of methoxy groups -OCH3 is 2. The molecular formula is C10H19NO2. The maximum atomic E-state index is 5.40. The third kappa shape index (κ3) is 1.73. The average Bonchev–Trinajstić information content (AvgIpc) is 2.44. The first-order valence-corrected chi connectivity index (χ1v) is 5.14. The summed E-state index contributed by atoms with van der Waals surface area (Å²) in [5.74, 6) is 0. The first-order valence-electron chi connectivity index (χ1n) is 5.14. The van der Waals surface area contributed by atoms with E-state index in [2.05, 4.69) is 4.90 Å². The van der Waals surface area contributed by atoms with Gasteiger partial charge in [-0.2, -0.15) is 0 Å². The maximum absolute atomic E-state index is 5.40. The quantitative estimate of drug-likeness (QED) is 0.651. The highest BCUT2D eigenvalue weighted by Crippen LogP contribution is 2.29. The van der Waals surface area contributed by atoms with Gasteiger partial charge >= 0.3 is 0 Å². The Balaban J connectivity index is 1.88. The molecule has 2 atom stereocenters. The summed E-state index contributed by atoms with van der Waals surface area (Å²) in [6.45, 7) is 2.11. The van der Waals surface area contributed by atoms with Crippen molar-refractivity contribution in [1.29, 1.82) is 0 Å². The molecule has 0 bridgehead atoms. The van der Waals surface area contributed by atoms with E-state index in [9.17, 15) is 0 Å². The van der Waals surface area contributed by atoms with E-state index in [0.717, 1.165) is 19.1 Å². The zero-order chi connectivity index (χ0) is 9.26. The van der Waals surface area contributed by atoms with E-state index in [0.29, 0.717) is 0 Å². The molecule has 0 aromatic carbocycles. The molecule has 2 aliphatic rings. The monoisotopic (exact) mass is 185 g/mol. The number of ether oxygens (including phenoxy) is 2. The molecular weight excluding hydrogens is 166 g/mol. The van der Waals surface area contributed by atoms with E-state index < -0.39 is 0 Å². The predicted octanol–water partition coefficient (Wildman–Crippen LogP) is 0.884. The van der Waals surface area contributed by atoms with E-state index >= 15 is 0 Å². The minimum absolute atomic E-state index is 0.283. The van der Waals surface area contributed by atoms with Crippen LogP contribution in [0.15, 0.2) is 0 Å². The van der Waals surface area contributed by atoms with Gasteiger partial charge in [-0.05, 0) is 12.8 Å². The van der Waals surface area contributed by atoms with Crippen LogP contribution in [0, 0.1) is 0 Å². The largest absolute Gasteiger partial charge is 0.377 e. The Morgan fingerprint density at radius 1 is 1.00 bits per heavy atom. The summed E-state index contributed by atoms with van der Waals surface area (Å²) < 4.78 is 10.8. The third-order valence-electron chi connectivity index (χ3n) is 3.44. The van der Waals surface area contributed by atoms with Crippen LogP contribution in [0.4, 0.5) is 0 Å². The molecule has 0 aromatic rings. The molecule has 0 aromatic heterocycles. The topological polar surface area (TPSA) is 21.7 Å². The fourth-order valence-corrected chi connectivity index (χ4v) is 2.27. The summed E-state index contributed by atoms with van der Waals surface area (Å²) in [7, 11) is 3.56. The second-order valence-electron chi connectivity index (χ2n) is 4.09. The lowest BCUT2D eigenvalue weighted by atomic mass is 9.92. The van der Waals surface area contributed by atoms with Crippen molar-refractivity contribution in [3.8, 4) is 0 Å². The molecule has 1 heterocycles. The summed E-state index contributed by atoms with van der Waals surface area (Å²) in [6, 6.07) is 0.817. The molecule has 2 rings (SSSR count). The molecule has 0 radical (unpaired) electrons. The molecule has 0 amide bonds. The summed E-state index contributed by atoms with van der Waals surface area (Å²) in [6.07, 6.45) is 4.70. The van der Waals surface area contributed by atoms with Gasteiger partial charge in [-0.3, -0.25) is 4.90 Å². The number of likely N-dealkylation sites (tertiary alicyclic amines) is 1. The summed E-state index contributed by atoms with van der Waals surface area (Å²) in [4.78, 5) is 2.52. The van der Waals surface area contributed by atoms with Crippen molar-refractivity contribution in [1.82, 2.24) is 4.90 Å². The third-order valence-corrected chi connectivity index (χ3v) is 3.44. The van der Waals surface area contributed by atoms with Crippen molar-refractivity contribution in [3.63, 3.8) is 0 Å². The molecule has 76 valence electrons. The molecule has 1 aliphatic carbocycles. The van der Waals surface area contributed by atoms with Gasteiger partial charge in [-0.25, -0.2) is 0 Å². The SMILES string of the molecule is CO[C@H]1CN(C2CCC2)C[C@H]1OC. The minimum Gasteiger partial charge on any atom is -0.377 e. The van der Waals surface area contributed by atoms with Crippen LogP contribution in [0.2, 0.25) is 0 Å². The Morgan fingerprint density at radius 2 is 1.54 bits per heavy atom. The van der Waals surface area contributed by atoms with Gasteiger partial charge in [0.1, 0.15) is 0 Å². The van der Waals surface area contributed by atoms with Gasteiger partial charge in [0.2, 0.25) is 0 Å². The van der Waals surface area contributed by atoms with Gasteiger partial charge in [0.05, 0.1) is 12.2 Å². The molecule has 0 unspecified atom stereocenters. The number of hydrogen-bond acceptors (Lipinski definition) is 3. The van der Waals surface area contributed by atoms with Gasteiger partial charge < -0.3 is 9.47 Å². The molecule has 3 nitrogen and oxygen atoms in total. The molecule has 13 heavy (non-hydrogen) atoms. The normalized spacial score (nSPS) is 36.5. The summed E-state index contributed by atoms with van der Waals surface area (Å²) in [5, 5.41) is 0. The van der Waals surface area contributed by atoms with Crippen molar-refractivity contribution in [2.24, 2.45) is 0 Å². The van der Waals surface area contributed by atoms with Crippen LogP contribution in [0.5, 0.6) is 0 Å². The average molecular weight is 185 g/mol. The van der Waals surface area contributed by atoms with Crippen LogP contribution >= 0.6 is 0 Å². The Hall–Kier alpha value is -0.120. The highest BCUT2D eigenvalue weighted by atomic mass is 16.5. The Bertz CT molecular complexity index is 158. The number of hydrogen-bond donors (Lipinski definition) is 0. The predicted molar refractivity (Wildman–Crippen MR) is 50.8 cm³/mol. The highest BCUT2D eigenvalue weighted by Gasteiger charge is 2.37. The van der Waals surface area contributed by atoms with Crippen LogP contribution < -0.4 is 0 Å². The van der Waals surface area contributed by atoms with Crippen LogP contribution in [-0.4, -0.2) is 50.5 Å². The molecule has 1 saturated carbocycles. The second-order valence-corrected chi connectivity index (χ2v) is 4.09. The Kier molecular flexibility index (Phi) is 2.86. The van der Waals surface area contributed by atoms with Gasteiger partial charge in [0, 0.05) is 33.4 Å². The van der Waals surface area contributed by atoms with Crippen LogP contribution in [0.3, 0.4) is 0 Å². The first-order chi connectivity index (χ1) is 6.35. The van der Waals surface area contributed by atoms with Gasteiger partial charge in [-0.1, -0.05) is 6.42 Å². The number of nitrogens with zero attached hydrogens (tertiary/aromatic N) is 1. The van der Waals surface area contributed by atoms with Gasteiger partial charge in [0.15, 0.2) is 0 Å². The molecule has 2 fully saturated rings. The van der Waals surface area contributed by atoms with Gasteiger partial charge in [0.25, 0.3) is 0 Å². The van der Waals surface area contributed by atoms with Crippen molar-refractivity contribution in [2.75, 3.05) is 27.3 Å². The fourth-order valence-electron chi connectivity index (χ4n) is 2.27. The van der Waals surface area contributed by atoms with Crippen molar-refractivity contribution >= 4 is 0 Å². The molecule has 0 N–H and O–H groups in total. The van der Waals surface area contributed by atoms with Crippen molar-refractivity contribution in [3.05, 3.63) is 0 Å². The zero-order valence-electron chi connectivity index (χ0n) is 8.53. The number of rotatable bonds is 3. The second kappa shape index (κ2) is 3.95. The van der Waals surface area contributed by atoms with Crippen LogP contribution in [-0.2, 0) is 9.47 Å². The van der Waals surface area contributed by atoms with E-state index in [1.165, 1.54) is 19.3 Å². The van der Waals surface area contributed by atoms with E-state index in [1.54, 1.807) is 14.2 Å². The van der Waals surface area contributed by atoms with Crippen LogP contribution in [0.25, 0.3) is 0 Å².